The number of aliphatic hydroxyl groups excluding tert-OH is 2. The van der Waals surface area contributed by atoms with Gasteiger partial charge in [-0.3, -0.25) is 0 Å². The Bertz CT molecular complexity index is 493. The second-order valence-electron chi connectivity index (χ2n) is 5.16. The van der Waals surface area contributed by atoms with Crippen LogP contribution < -0.4 is 4.90 Å². The summed E-state index contributed by atoms with van der Waals surface area (Å²) in [4.78, 5) is 1.57. The number of hydrogen-bond donors (Lipinski definition) is 2. The summed E-state index contributed by atoms with van der Waals surface area (Å²) in [5.41, 5.74) is -0.515. The Labute approximate surface area is 120 Å². The van der Waals surface area contributed by atoms with Gasteiger partial charge in [0.25, 0.3) is 0 Å². The highest BCUT2D eigenvalue weighted by atomic mass is 19.4. The summed E-state index contributed by atoms with van der Waals surface area (Å²) >= 11 is 0. The van der Waals surface area contributed by atoms with Crippen molar-refractivity contribution in [2.75, 3.05) is 24.6 Å². The van der Waals surface area contributed by atoms with Gasteiger partial charge in [-0.2, -0.15) is 13.2 Å². The number of ether oxygens (including phenoxy) is 1. The molecule has 1 aliphatic heterocycles. The number of alkyl halides is 3. The first-order valence-electron chi connectivity index (χ1n) is 6.67. The van der Waals surface area contributed by atoms with Crippen molar-refractivity contribution < 1.29 is 28.1 Å². The van der Waals surface area contributed by atoms with E-state index in [1.165, 1.54) is 12.1 Å². The Balaban J connectivity index is 2.38. The van der Waals surface area contributed by atoms with Crippen molar-refractivity contribution in [2.45, 2.75) is 31.9 Å². The normalized spacial score (nSPS) is 23.4. The van der Waals surface area contributed by atoms with Crippen molar-refractivity contribution >= 4 is 5.69 Å². The van der Waals surface area contributed by atoms with E-state index in [1.54, 1.807) is 11.8 Å². The van der Waals surface area contributed by atoms with Crippen LogP contribution in [0.4, 0.5) is 18.9 Å². The van der Waals surface area contributed by atoms with E-state index in [4.69, 9.17) is 9.84 Å². The van der Waals surface area contributed by atoms with Gasteiger partial charge in [0.05, 0.1) is 31.0 Å². The lowest BCUT2D eigenvalue weighted by Gasteiger charge is -2.38. The molecule has 0 aromatic heterocycles. The maximum Gasteiger partial charge on any atom is 0.418 e. The van der Waals surface area contributed by atoms with Gasteiger partial charge in [-0.25, -0.2) is 0 Å². The standard InChI is InChI=1S/C14H18F3NO3/c1-9-5-18(6-11(8-20)21-9)13-3-2-10(7-19)4-12(13)14(15,16)17/h2-4,9,11,19-20H,5-8H2,1H3. The van der Waals surface area contributed by atoms with Gasteiger partial charge in [0.1, 0.15) is 0 Å². The van der Waals surface area contributed by atoms with Crippen LogP contribution in [0.5, 0.6) is 0 Å². The van der Waals surface area contributed by atoms with Crippen LogP contribution >= 0.6 is 0 Å². The van der Waals surface area contributed by atoms with E-state index in [0.29, 0.717) is 6.54 Å². The Kier molecular flexibility index (Phi) is 4.75. The van der Waals surface area contributed by atoms with E-state index >= 15 is 0 Å². The van der Waals surface area contributed by atoms with Crippen molar-refractivity contribution in [1.82, 2.24) is 0 Å². The zero-order chi connectivity index (χ0) is 15.6. The third kappa shape index (κ3) is 3.66. The monoisotopic (exact) mass is 305 g/mol. The van der Waals surface area contributed by atoms with E-state index in [2.05, 4.69) is 0 Å². The van der Waals surface area contributed by atoms with E-state index in [0.717, 1.165) is 6.07 Å². The van der Waals surface area contributed by atoms with Gasteiger partial charge < -0.3 is 19.8 Å². The lowest BCUT2D eigenvalue weighted by atomic mass is 10.1. The first-order chi connectivity index (χ1) is 9.85. The number of halogens is 3. The molecular formula is C14H18F3NO3. The number of benzene rings is 1. The zero-order valence-corrected chi connectivity index (χ0v) is 11.6. The van der Waals surface area contributed by atoms with E-state index in [-0.39, 0.29) is 30.5 Å². The Hall–Kier alpha value is -1.31. The molecule has 0 amide bonds. The number of rotatable bonds is 3. The molecule has 21 heavy (non-hydrogen) atoms. The van der Waals surface area contributed by atoms with E-state index < -0.39 is 24.5 Å². The largest absolute Gasteiger partial charge is 0.418 e. The fraction of sp³-hybridized carbons (Fsp3) is 0.571. The highest BCUT2D eigenvalue weighted by molar-refractivity contribution is 5.57. The topological polar surface area (TPSA) is 52.9 Å². The molecule has 0 aliphatic carbocycles. The molecular weight excluding hydrogens is 287 g/mol. The van der Waals surface area contributed by atoms with Crippen molar-refractivity contribution in [3.05, 3.63) is 29.3 Å². The Morgan fingerprint density at radius 2 is 2.00 bits per heavy atom. The average molecular weight is 305 g/mol. The lowest BCUT2D eigenvalue weighted by molar-refractivity contribution is -0.137. The summed E-state index contributed by atoms with van der Waals surface area (Å²) in [6.45, 7) is 1.59. The molecule has 1 aliphatic rings. The maximum atomic E-state index is 13.2. The minimum Gasteiger partial charge on any atom is -0.394 e. The highest BCUT2D eigenvalue weighted by Crippen LogP contribution is 2.38. The molecule has 2 atom stereocenters. The number of morpholine rings is 1. The van der Waals surface area contributed by atoms with Crippen molar-refractivity contribution in [2.24, 2.45) is 0 Å². The predicted octanol–water partition coefficient (Wildman–Crippen LogP) is 1.78. The molecule has 1 heterocycles. The van der Waals surface area contributed by atoms with Crippen LogP contribution in [0.25, 0.3) is 0 Å². The lowest BCUT2D eigenvalue weighted by Crippen LogP contribution is -2.48. The molecule has 2 unspecified atom stereocenters. The van der Waals surface area contributed by atoms with Crippen molar-refractivity contribution in [3.8, 4) is 0 Å². The summed E-state index contributed by atoms with van der Waals surface area (Å²) in [5.74, 6) is 0. The van der Waals surface area contributed by atoms with Crippen LogP contribution in [0.2, 0.25) is 0 Å². The van der Waals surface area contributed by atoms with Gasteiger partial charge in [-0.1, -0.05) is 6.07 Å². The molecule has 2 N–H and O–H groups in total. The quantitative estimate of drug-likeness (QED) is 0.894. The third-order valence-corrected chi connectivity index (χ3v) is 3.42. The smallest absolute Gasteiger partial charge is 0.394 e. The second kappa shape index (κ2) is 6.21. The summed E-state index contributed by atoms with van der Waals surface area (Å²) in [6, 6.07) is 3.79. The molecule has 0 radical (unpaired) electrons. The van der Waals surface area contributed by atoms with Gasteiger partial charge in [0.15, 0.2) is 0 Å². The summed E-state index contributed by atoms with van der Waals surface area (Å²) in [7, 11) is 0. The van der Waals surface area contributed by atoms with Crippen LogP contribution in [0.3, 0.4) is 0 Å². The fourth-order valence-electron chi connectivity index (χ4n) is 2.53. The summed E-state index contributed by atoms with van der Waals surface area (Å²) < 4.78 is 45.1. The molecule has 1 fully saturated rings. The minimum absolute atomic E-state index is 0.0494. The molecule has 0 saturated carbocycles. The van der Waals surface area contributed by atoms with E-state index in [1.807, 2.05) is 0 Å². The molecule has 118 valence electrons. The minimum atomic E-state index is -4.50. The molecule has 1 aromatic carbocycles. The summed E-state index contributed by atoms with van der Waals surface area (Å²) in [6.07, 6.45) is -5.28. The highest BCUT2D eigenvalue weighted by Gasteiger charge is 2.37. The SMILES string of the molecule is CC1CN(c2ccc(CO)cc2C(F)(F)F)CC(CO)O1. The first kappa shape index (κ1) is 16.1. The molecule has 4 nitrogen and oxygen atoms in total. The number of anilines is 1. The fourth-order valence-corrected chi connectivity index (χ4v) is 2.53. The van der Waals surface area contributed by atoms with Crippen molar-refractivity contribution in [3.63, 3.8) is 0 Å². The van der Waals surface area contributed by atoms with Gasteiger partial charge in [-0.05, 0) is 24.6 Å². The van der Waals surface area contributed by atoms with Crippen LogP contribution in [-0.2, 0) is 17.5 Å². The third-order valence-electron chi connectivity index (χ3n) is 3.42. The van der Waals surface area contributed by atoms with Crippen molar-refractivity contribution in [1.29, 1.82) is 0 Å². The van der Waals surface area contributed by atoms with E-state index in [9.17, 15) is 18.3 Å². The molecule has 2 rings (SSSR count). The van der Waals surface area contributed by atoms with Crippen LogP contribution in [0.15, 0.2) is 18.2 Å². The number of hydrogen-bond acceptors (Lipinski definition) is 4. The van der Waals surface area contributed by atoms with Gasteiger partial charge in [0.2, 0.25) is 0 Å². The van der Waals surface area contributed by atoms with Gasteiger partial charge >= 0.3 is 6.18 Å². The second-order valence-corrected chi connectivity index (χ2v) is 5.16. The maximum absolute atomic E-state index is 13.2. The van der Waals surface area contributed by atoms with Crippen LogP contribution in [0, 0.1) is 0 Å². The molecule has 0 bridgehead atoms. The molecule has 7 heteroatoms. The molecule has 1 aromatic rings. The first-order valence-corrected chi connectivity index (χ1v) is 6.67. The summed E-state index contributed by atoms with van der Waals surface area (Å²) in [5, 5.41) is 18.2. The molecule has 1 saturated heterocycles. The average Bonchev–Trinajstić information content (AvgIpc) is 2.45. The van der Waals surface area contributed by atoms with Gasteiger partial charge in [0, 0.05) is 18.8 Å². The van der Waals surface area contributed by atoms with Crippen LogP contribution in [0.1, 0.15) is 18.1 Å². The Morgan fingerprint density at radius 3 is 2.57 bits per heavy atom. The predicted molar refractivity (Wildman–Crippen MR) is 71.0 cm³/mol. The number of aliphatic hydroxyl groups is 2. The Morgan fingerprint density at radius 1 is 1.29 bits per heavy atom. The number of nitrogens with zero attached hydrogens (tertiary/aromatic N) is 1. The van der Waals surface area contributed by atoms with Crippen LogP contribution in [-0.4, -0.2) is 42.1 Å². The van der Waals surface area contributed by atoms with Gasteiger partial charge in [-0.15, -0.1) is 0 Å². The zero-order valence-electron chi connectivity index (χ0n) is 11.6. The molecule has 0 spiro atoms.